The monoisotopic (exact) mass is 378 g/mol. The van der Waals surface area contributed by atoms with Crippen molar-refractivity contribution in [3.05, 3.63) is 46.0 Å². The van der Waals surface area contributed by atoms with Gasteiger partial charge >= 0.3 is 0 Å². The van der Waals surface area contributed by atoms with Gasteiger partial charge in [-0.1, -0.05) is 12.1 Å². The predicted molar refractivity (Wildman–Crippen MR) is 101 cm³/mol. The number of rotatable bonds is 5. The van der Waals surface area contributed by atoms with Crippen LogP contribution in [0.2, 0.25) is 0 Å². The Labute approximate surface area is 154 Å². The van der Waals surface area contributed by atoms with E-state index in [0.717, 1.165) is 18.7 Å². The van der Waals surface area contributed by atoms with Crippen LogP contribution in [0, 0.1) is 4.77 Å². The van der Waals surface area contributed by atoms with Gasteiger partial charge in [-0.25, -0.2) is 0 Å². The summed E-state index contributed by atoms with van der Waals surface area (Å²) < 4.78 is 3.17. The summed E-state index contributed by atoms with van der Waals surface area (Å²) in [4.78, 5) is 12.4. The first kappa shape index (κ1) is 16.2. The summed E-state index contributed by atoms with van der Waals surface area (Å²) in [6, 6.07) is 8.38. The zero-order valence-electron chi connectivity index (χ0n) is 13.0. The first-order valence-corrected chi connectivity index (χ1v) is 10.5. The number of H-pyrrole nitrogens is 1. The minimum atomic E-state index is -0.0791. The summed E-state index contributed by atoms with van der Waals surface area (Å²) in [5.41, 5.74) is 1.97. The molecule has 24 heavy (non-hydrogen) atoms. The average Bonchev–Trinajstić information content (AvgIpc) is 3.15. The van der Waals surface area contributed by atoms with E-state index in [1.807, 2.05) is 40.2 Å². The van der Waals surface area contributed by atoms with Crippen molar-refractivity contribution in [2.75, 3.05) is 11.5 Å². The lowest BCUT2D eigenvalue weighted by Crippen LogP contribution is -2.24. The molecule has 0 atom stereocenters. The fraction of sp³-hybridized carbons (Fsp3) is 0.438. The van der Waals surface area contributed by atoms with E-state index in [9.17, 15) is 4.79 Å². The molecule has 0 unspecified atom stereocenters. The number of hydrogen-bond donors (Lipinski definition) is 2. The van der Waals surface area contributed by atoms with Crippen LogP contribution in [0.1, 0.15) is 45.2 Å². The maximum absolute atomic E-state index is 12.4. The molecular weight excluding hydrogens is 360 g/mol. The van der Waals surface area contributed by atoms with Gasteiger partial charge in [0, 0.05) is 23.1 Å². The highest BCUT2D eigenvalue weighted by atomic mass is 32.2. The van der Waals surface area contributed by atoms with Crippen molar-refractivity contribution >= 4 is 41.6 Å². The van der Waals surface area contributed by atoms with Gasteiger partial charge in [0.1, 0.15) is 0 Å². The Balaban J connectivity index is 1.40. The first-order chi connectivity index (χ1) is 11.7. The third kappa shape index (κ3) is 3.41. The molecule has 0 bridgehead atoms. The molecule has 2 fully saturated rings. The molecule has 5 nitrogen and oxygen atoms in total. The number of carbonyl (C=O) groups excluding carboxylic acids is 1. The third-order valence-electron chi connectivity index (χ3n) is 4.16. The highest BCUT2D eigenvalue weighted by molar-refractivity contribution is 8.19. The number of hydrogen-bond acceptors (Lipinski definition) is 5. The maximum atomic E-state index is 12.4. The highest BCUT2D eigenvalue weighted by Gasteiger charge is 2.27. The van der Waals surface area contributed by atoms with E-state index < -0.39 is 0 Å². The van der Waals surface area contributed by atoms with Crippen molar-refractivity contribution in [2.24, 2.45) is 0 Å². The molecule has 1 aromatic heterocycles. The molecule has 1 aliphatic heterocycles. The first-order valence-electron chi connectivity index (χ1n) is 7.99. The summed E-state index contributed by atoms with van der Waals surface area (Å²) in [5, 5.41) is 10.00. The Morgan fingerprint density at radius 3 is 2.67 bits per heavy atom. The van der Waals surface area contributed by atoms with Gasteiger partial charge in [-0.3, -0.25) is 14.5 Å². The van der Waals surface area contributed by atoms with E-state index >= 15 is 0 Å². The Morgan fingerprint density at radius 2 is 2.00 bits per heavy atom. The van der Waals surface area contributed by atoms with Crippen LogP contribution in [0.25, 0.3) is 0 Å². The lowest BCUT2D eigenvalue weighted by Gasteiger charge is -2.10. The normalized spacial score (nSPS) is 18.0. The third-order valence-corrected chi connectivity index (χ3v) is 7.56. The van der Waals surface area contributed by atoms with Crippen molar-refractivity contribution in [2.45, 2.75) is 30.0 Å². The van der Waals surface area contributed by atoms with Gasteiger partial charge < -0.3 is 5.32 Å². The molecular formula is C16H18N4OS3. The summed E-state index contributed by atoms with van der Waals surface area (Å²) in [6.45, 7) is 0.387. The van der Waals surface area contributed by atoms with Gasteiger partial charge in [-0.15, -0.1) is 23.5 Å². The van der Waals surface area contributed by atoms with Crippen LogP contribution in [0.5, 0.6) is 0 Å². The largest absolute Gasteiger partial charge is 0.345 e. The van der Waals surface area contributed by atoms with Gasteiger partial charge in [-0.2, -0.15) is 5.10 Å². The summed E-state index contributed by atoms with van der Waals surface area (Å²) in [5.74, 6) is 3.12. The maximum Gasteiger partial charge on any atom is 0.251 e. The number of amides is 1. The molecule has 1 saturated heterocycles. The SMILES string of the molecule is O=C(NCc1n[nH]c(=S)n1C1CC1)c1ccc(C2SCCS2)cc1. The second kappa shape index (κ2) is 6.93. The molecule has 1 aromatic carbocycles. The Kier molecular flexibility index (Phi) is 4.69. The van der Waals surface area contributed by atoms with Crippen molar-refractivity contribution in [1.29, 1.82) is 0 Å². The van der Waals surface area contributed by atoms with Crippen LogP contribution < -0.4 is 5.32 Å². The quantitative estimate of drug-likeness (QED) is 0.777. The van der Waals surface area contributed by atoms with E-state index in [1.54, 1.807) is 0 Å². The summed E-state index contributed by atoms with van der Waals surface area (Å²) in [6.07, 6.45) is 2.26. The second-order valence-electron chi connectivity index (χ2n) is 5.92. The van der Waals surface area contributed by atoms with E-state index in [-0.39, 0.29) is 5.91 Å². The predicted octanol–water partition coefficient (Wildman–Crippen LogP) is 3.68. The Bertz CT molecular complexity index is 788. The van der Waals surface area contributed by atoms with E-state index in [1.165, 1.54) is 17.1 Å². The molecule has 0 spiro atoms. The number of benzene rings is 1. The van der Waals surface area contributed by atoms with Crippen LogP contribution >= 0.6 is 35.7 Å². The van der Waals surface area contributed by atoms with Gasteiger partial charge in [0.15, 0.2) is 10.6 Å². The van der Waals surface area contributed by atoms with Crippen molar-refractivity contribution in [1.82, 2.24) is 20.1 Å². The minimum absolute atomic E-state index is 0.0791. The Morgan fingerprint density at radius 1 is 1.29 bits per heavy atom. The zero-order chi connectivity index (χ0) is 16.5. The zero-order valence-corrected chi connectivity index (χ0v) is 15.5. The molecule has 2 aliphatic rings. The number of carbonyl (C=O) groups is 1. The topological polar surface area (TPSA) is 62.7 Å². The van der Waals surface area contributed by atoms with Gasteiger partial charge in [0.05, 0.1) is 11.1 Å². The minimum Gasteiger partial charge on any atom is -0.345 e. The molecule has 2 N–H and O–H groups in total. The standard InChI is InChI=1S/C16H18N4OS3/c21-14(10-1-3-11(4-2-10)15-23-7-8-24-15)17-9-13-18-19-16(22)20(13)12-5-6-12/h1-4,12,15H,5-9H2,(H,17,21)(H,19,22). The van der Waals surface area contributed by atoms with Crippen LogP contribution in [-0.4, -0.2) is 32.2 Å². The van der Waals surface area contributed by atoms with Gasteiger partial charge in [0.25, 0.3) is 5.91 Å². The van der Waals surface area contributed by atoms with Crippen molar-refractivity contribution in [3.8, 4) is 0 Å². The number of nitrogens with one attached hydrogen (secondary N) is 2. The Hall–Kier alpha value is -1.25. The molecule has 2 aromatic rings. The van der Waals surface area contributed by atoms with E-state index in [0.29, 0.717) is 27.5 Å². The van der Waals surface area contributed by atoms with Crippen molar-refractivity contribution < 1.29 is 4.79 Å². The van der Waals surface area contributed by atoms with E-state index in [4.69, 9.17) is 12.2 Å². The second-order valence-corrected chi connectivity index (χ2v) is 9.04. The molecule has 126 valence electrons. The summed E-state index contributed by atoms with van der Waals surface area (Å²) in [7, 11) is 0. The van der Waals surface area contributed by atoms with Crippen LogP contribution in [0.4, 0.5) is 0 Å². The molecule has 8 heteroatoms. The van der Waals surface area contributed by atoms with Crippen LogP contribution in [0.15, 0.2) is 24.3 Å². The van der Waals surface area contributed by atoms with Crippen molar-refractivity contribution in [3.63, 3.8) is 0 Å². The fourth-order valence-electron chi connectivity index (χ4n) is 2.78. The number of nitrogens with zero attached hydrogens (tertiary/aromatic N) is 2. The van der Waals surface area contributed by atoms with Crippen LogP contribution in [0.3, 0.4) is 0 Å². The average molecular weight is 379 g/mol. The molecule has 1 amide bonds. The smallest absolute Gasteiger partial charge is 0.251 e. The fourth-order valence-corrected chi connectivity index (χ4v) is 5.93. The number of thioether (sulfide) groups is 2. The van der Waals surface area contributed by atoms with Crippen LogP contribution in [-0.2, 0) is 6.54 Å². The van der Waals surface area contributed by atoms with Gasteiger partial charge in [0.2, 0.25) is 0 Å². The lowest BCUT2D eigenvalue weighted by molar-refractivity contribution is 0.0949. The number of aromatic nitrogens is 3. The number of aromatic amines is 1. The van der Waals surface area contributed by atoms with Gasteiger partial charge in [-0.05, 0) is 42.8 Å². The van der Waals surface area contributed by atoms with E-state index in [2.05, 4.69) is 27.6 Å². The molecule has 0 radical (unpaired) electrons. The molecule has 1 saturated carbocycles. The molecule has 2 heterocycles. The molecule has 1 aliphatic carbocycles. The lowest BCUT2D eigenvalue weighted by atomic mass is 10.1. The summed E-state index contributed by atoms with van der Waals surface area (Å²) >= 11 is 9.19. The molecule has 4 rings (SSSR count). The highest BCUT2D eigenvalue weighted by Crippen LogP contribution is 2.45.